The molecule has 0 radical (unpaired) electrons. The maximum Gasteiger partial charge on any atom is 0.279 e. The van der Waals surface area contributed by atoms with Crippen molar-refractivity contribution < 1.29 is 25.6 Å². The molecule has 1 N–H and O–H groups in total. The highest BCUT2D eigenvalue weighted by molar-refractivity contribution is 7.92. The summed E-state index contributed by atoms with van der Waals surface area (Å²) < 4.78 is 73.1. The lowest BCUT2D eigenvalue weighted by Crippen LogP contribution is -2.27. The Bertz CT molecular complexity index is 1350. The smallest absolute Gasteiger partial charge is 0.279 e. The van der Waals surface area contributed by atoms with Crippen molar-refractivity contribution in [3.8, 4) is 0 Å². The number of para-hydroxylation sites is 1. The highest BCUT2D eigenvalue weighted by atomic mass is 32.2. The van der Waals surface area contributed by atoms with E-state index in [1.807, 2.05) is 0 Å². The van der Waals surface area contributed by atoms with Crippen LogP contribution in [0.25, 0.3) is 0 Å². The number of halogens is 1. The third kappa shape index (κ3) is 4.26. The molecule has 0 bridgehead atoms. The number of hydrogen-bond donors (Lipinski definition) is 1. The fraction of sp³-hybridized carbons (Fsp3) is 0.190. The quantitative estimate of drug-likeness (QED) is 0.558. The van der Waals surface area contributed by atoms with E-state index < -0.39 is 31.9 Å². The van der Waals surface area contributed by atoms with Gasteiger partial charge in [-0.2, -0.15) is 17.9 Å². The summed E-state index contributed by atoms with van der Waals surface area (Å²) in [6.45, 7) is 1.52. The van der Waals surface area contributed by atoms with Crippen molar-refractivity contribution in [1.29, 1.82) is 0 Å². The Balaban J connectivity index is 1.80. The van der Waals surface area contributed by atoms with Gasteiger partial charge < -0.3 is 4.42 Å². The first-order chi connectivity index (χ1) is 15.2. The van der Waals surface area contributed by atoms with E-state index in [2.05, 4.69) is 9.82 Å². The van der Waals surface area contributed by atoms with Gasteiger partial charge in [0.2, 0.25) is 10.0 Å². The van der Waals surface area contributed by atoms with E-state index in [0.717, 1.165) is 16.5 Å². The zero-order valence-electron chi connectivity index (χ0n) is 17.0. The number of furan rings is 1. The number of anilines is 1. The summed E-state index contributed by atoms with van der Waals surface area (Å²) in [5.74, 6) is -0.302. The van der Waals surface area contributed by atoms with Crippen LogP contribution < -0.4 is 4.72 Å². The van der Waals surface area contributed by atoms with Crippen molar-refractivity contribution in [2.75, 3.05) is 10.5 Å². The van der Waals surface area contributed by atoms with E-state index in [1.54, 1.807) is 36.4 Å². The van der Waals surface area contributed by atoms with E-state index in [0.29, 0.717) is 22.7 Å². The van der Waals surface area contributed by atoms with E-state index in [1.165, 1.54) is 25.3 Å². The van der Waals surface area contributed by atoms with Crippen molar-refractivity contribution in [2.45, 2.75) is 24.3 Å². The van der Waals surface area contributed by atoms with Crippen LogP contribution in [0, 0.1) is 5.82 Å². The molecule has 0 saturated carbocycles. The summed E-state index contributed by atoms with van der Waals surface area (Å²) >= 11 is 0. The second-order valence-corrected chi connectivity index (χ2v) is 10.9. The molecule has 0 aliphatic carbocycles. The molecule has 1 aromatic heterocycles. The largest absolute Gasteiger partial charge is 0.467 e. The third-order valence-corrected chi connectivity index (χ3v) is 7.97. The Morgan fingerprint density at radius 1 is 1.06 bits per heavy atom. The van der Waals surface area contributed by atoms with Crippen molar-refractivity contribution >= 4 is 31.4 Å². The van der Waals surface area contributed by atoms with Gasteiger partial charge in [-0.25, -0.2) is 12.8 Å². The van der Waals surface area contributed by atoms with Crippen LogP contribution in [-0.2, 0) is 20.0 Å². The van der Waals surface area contributed by atoms with E-state index in [4.69, 9.17) is 4.42 Å². The van der Waals surface area contributed by atoms with Crippen LogP contribution in [0.15, 0.2) is 81.3 Å². The van der Waals surface area contributed by atoms with Gasteiger partial charge >= 0.3 is 0 Å². The molecule has 1 unspecified atom stereocenters. The third-order valence-electron chi connectivity index (χ3n) is 4.99. The second kappa shape index (κ2) is 8.40. The zero-order chi connectivity index (χ0) is 22.9. The van der Waals surface area contributed by atoms with Gasteiger partial charge in [-0.3, -0.25) is 4.72 Å². The van der Waals surface area contributed by atoms with Gasteiger partial charge in [0.25, 0.3) is 10.0 Å². The van der Waals surface area contributed by atoms with Crippen LogP contribution in [0.5, 0.6) is 0 Å². The number of sulfonamides is 2. The summed E-state index contributed by atoms with van der Waals surface area (Å²) in [6.07, 6.45) is 1.58. The monoisotopic (exact) mass is 477 g/mol. The molecule has 0 saturated heterocycles. The first-order valence-electron chi connectivity index (χ1n) is 9.72. The van der Waals surface area contributed by atoms with Crippen LogP contribution in [-0.4, -0.2) is 32.7 Å². The summed E-state index contributed by atoms with van der Waals surface area (Å²) in [5, 5.41) is 4.36. The van der Waals surface area contributed by atoms with Gasteiger partial charge in [0, 0.05) is 12.0 Å². The number of benzene rings is 2. The van der Waals surface area contributed by atoms with Gasteiger partial charge in [0.15, 0.2) is 0 Å². The van der Waals surface area contributed by atoms with Gasteiger partial charge in [-0.05, 0) is 49.4 Å². The molecular formula is C21H20FN3O5S2. The van der Waals surface area contributed by atoms with Gasteiger partial charge in [0.1, 0.15) is 17.6 Å². The highest BCUT2D eigenvalue weighted by Crippen LogP contribution is 2.38. The summed E-state index contributed by atoms with van der Waals surface area (Å²) in [7, 11) is -7.70. The molecule has 2 aromatic carbocycles. The lowest BCUT2D eigenvalue weighted by atomic mass is 10.0. The minimum atomic E-state index is -4.14. The molecule has 3 aromatic rings. The zero-order valence-corrected chi connectivity index (χ0v) is 18.6. The van der Waals surface area contributed by atoms with Crippen molar-refractivity contribution in [3.05, 3.63) is 84.1 Å². The fourth-order valence-electron chi connectivity index (χ4n) is 3.34. The highest BCUT2D eigenvalue weighted by Gasteiger charge is 2.39. The predicted octanol–water partition coefficient (Wildman–Crippen LogP) is 3.72. The Morgan fingerprint density at radius 2 is 1.78 bits per heavy atom. The summed E-state index contributed by atoms with van der Waals surface area (Å²) in [4.78, 5) is -0.125. The topological polar surface area (TPSA) is 109 Å². The Kier molecular flexibility index (Phi) is 5.78. The minimum Gasteiger partial charge on any atom is -0.467 e. The average molecular weight is 478 g/mol. The predicted molar refractivity (Wildman–Crippen MR) is 118 cm³/mol. The maximum absolute atomic E-state index is 13.3. The van der Waals surface area contributed by atoms with E-state index in [-0.39, 0.29) is 17.1 Å². The van der Waals surface area contributed by atoms with Crippen LogP contribution in [0.2, 0.25) is 0 Å². The lowest BCUT2D eigenvalue weighted by molar-refractivity contribution is 0.320. The van der Waals surface area contributed by atoms with Crippen LogP contribution in [0.3, 0.4) is 0 Å². The average Bonchev–Trinajstić information content (AvgIpc) is 3.44. The fourth-order valence-corrected chi connectivity index (χ4v) is 5.42. The Hall–Kier alpha value is -3.18. The number of hydrazone groups is 1. The van der Waals surface area contributed by atoms with Crippen LogP contribution in [0.4, 0.5) is 10.1 Å². The first-order valence-corrected chi connectivity index (χ1v) is 12.8. The lowest BCUT2D eigenvalue weighted by Gasteiger charge is -2.21. The molecule has 4 rings (SSSR count). The van der Waals surface area contributed by atoms with Crippen molar-refractivity contribution in [2.24, 2.45) is 5.10 Å². The standard InChI is InChI=1S/C21H20FN3O5S2/c1-2-31(26,27)24-18-7-4-3-6-17(18)19-14-20(21-8-5-13-30-21)25(23-19)32(28,29)16-11-9-15(22)10-12-16/h3-13,20,24H,2,14H2,1H3. The molecular weight excluding hydrogens is 457 g/mol. The molecule has 168 valence electrons. The molecule has 1 atom stereocenters. The second-order valence-electron chi connectivity index (χ2n) is 7.06. The molecule has 8 nitrogen and oxygen atoms in total. The molecule has 1 aliphatic rings. The van der Waals surface area contributed by atoms with E-state index in [9.17, 15) is 21.2 Å². The SMILES string of the molecule is CCS(=O)(=O)Nc1ccccc1C1=NN(S(=O)(=O)c2ccc(F)cc2)C(c2ccco2)C1. The van der Waals surface area contributed by atoms with Crippen molar-refractivity contribution in [1.82, 2.24) is 4.41 Å². The Labute approximate surface area is 185 Å². The molecule has 32 heavy (non-hydrogen) atoms. The van der Waals surface area contributed by atoms with Crippen molar-refractivity contribution in [3.63, 3.8) is 0 Å². The molecule has 0 spiro atoms. The van der Waals surface area contributed by atoms with E-state index >= 15 is 0 Å². The molecule has 0 amide bonds. The van der Waals surface area contributed by atoms with Crippen LogP contribution >= 0.6 is 0 Å². The summed E-state index contributed by atoms with van der Waals surface area (Å²) in [5.41, 5.74) is 1.12. The number of nitrogens with zero attached hydrogens (tertiary/aromatic N) is 2. The van der Waals surface area contributed by atoms with Crippen LogP contribution in [0.1, 0.15) is 30.7 Å². The number of rotatable bonds is 7. The minimum absolute atomic E-state index is 0.117. The molecule has 2 heterocycles. The molecule has 11 heteroatoms. The van der Waals surface area contributed by atoms with Gasteiger partial charge in [-0.15, -0.1) is 0 Å². The van der Waals surface area contributed by atoms with Gasteiger partial charge in [0.05, 0.1) is 28.3 Å². The normalized spacial score (nSPS) is 16.8. The van der Waals surface area contributed by atoms with Gasteiger partial charge in [-0.1, -0.05) is 18.2 Å². The number of hydrogen-bond acceptors (Lipinski definition) is 6. The first kappa shape index (κ1) is 22.0. The maximum atomic E-state index is 13.3. The number of nitrogens with one attached hydrogen (secondary N) is 1. The molecule has 1 aliphatic heterocycles. The Morgan fingerprint density at radius 3 is 2.44 bits per heavy atom. The molecule has 0 fully saturated rings. The summed E-state index contributed by atoms with van der Waals surface area (Å²) in [6, 6.07) is 13.6.